The van der Waals surface area contributed by atoms with E-state index in [9.17, 15) is 4.79 Å². The minimum Gasteiger partial charge on any atom is -0.323 e. The average molecular weight is 448 g/mol. The number of anilines is 1. The second-order valence-electron chi connectivity index (χ2n) is 6.77. The maximum atomic E-state index is 12.4. The van der Waals surface area contributed by atoms with Crippen LogP contribution in [0.25, 0.3) is 11.4 Å². The first-order valence-corrected chi connectivity index (χ1v) is 11.1. The Bertz CT molecular complexity index is 1020. The Kier molecular flexibility index (Phi) is 6.37. The van der Waals surface area contributed by atoms with Gasteiger partial charge in [0.05, 0.1) is 16.5 Å². The standard InChI is InChI=1S/C20H19Cl2N5OS/c21-15-9-4-3-8-14(15)19-25-26-20(27(19)13-6-1-2-7-13)29-12-17(28)24-16-10-5-11-23-18(16)22/h3-5,8-11,13H,1-2,6-7,12H2,(H,24,28). The molecule has 1 aliphatic carbocycles. The smallest absolute Gasteiger partial charge is 0.234 e. The minimum atomic E-state index is -0.176. The second kappa shape index (κ2) is 9.15. The molecular formula is C20H19Cl2N5OS. The third-order valence-electron chi connectivity index (χ3n) is 4.83. The molecule has 3 aromatic rings. The Morgan fingerprint density at radius 3 is 2.69 bits per heavy atom. The maximum Gasteiger partial charge on any atom is 0.234 e. The zero-order valence-electron chi connectivity index (χ0n) is 15.5. The predicted octanol–water partition coefficient (Wildman–Crippen LogP) is 5.49. The Balaban J connectivity index is 1.55. The van der Waals surface area contributed by atoms with Crippen molar-refractivity contribution >= 4 is 46.6 Å². The Morgan fingerprint density at radius 1 is 1.14 bits per heavy atom. The van der Waals surface area contributed by atoms with Gasteiger partial charge in [0, 0.05) is 17.8 Å². The number of benzene rings is 1. The number of nitrogens with zero attached hydrogens (tertiary/aromatic N) is 4. The number of hydrogen-bond donors (Lipinski definition) is 1. The van der Waals surface area contributed by atoms with Crippen molar-refractivity contribution in [3.05, 3.63) is 52.8 Å². The van der Waals surface area contributed by atoms with E-state index >= 15 is 0 Å². The third-order valence-corrected chi connectivity index (χ3v) is 6.41. The number of hydrogen-bond acceptors (Lipinski definition) is 5. The van der Waals surface area contributed by atoms with Crippen LogP contribution >= 0.6 is 35.0 Å². The van der Waals surface area contributed by atoms with Gasteiger partial charge in [-0.1, -0.05) is 59.9 Å². The molecule has 1 amide bonds. The molecule has 0 radical (unpaired) electrons. The van der Waals surface area contributed by atoms with E-state index in [-0.39, 0.29) is 16.8 Å². The molecule has 2 aromatic heterocycles. The lowest BCUT2D eigenvalue weighted by molar-refractivity contribution is -0.113. The van der Waals surface area contributed by atoms with Crippen molar-refractivity contribution in [3.8, 4) is 11.4 Å². The molecule has 1 N–H and O–H groups in total. The van der Waals surface area contributed by atoms with Gasteiger partial charge < -0.3 is 5.32 Å². The first-order chi connectivity index (χ1) is 14.1. The molecule has 1 saturated carbocycles. The van der Waals surface area contributed by atoms with E-state index in [1.807, 2.05) is 24.3 Å². The third kappa shape index (κ3) is 4.57. The summed E-state index contributed by atoms with van der Waals surface area (Å²) in [5, 5.41) is 13.2. The number of pyridine rings is 1. The van der Waals surface area contributed by atoms with Gasteiger partial charge in [-0.05, 0) is 37.1 Å². The first kappa shape index (κ1) is 20.2. The molecule has 0 bridgehead atoms. The van der Waals surface area contributed by atoms with Crippen LogP contribution in [-0.2, 0) is 4.79 Å². The highest BCUT2D eigenvalue weighted by Crippen LogP contribution is 2.38. The highest BCUT2D eigenvalue weighted by molar-refractivity contribution is 7.99. The maximum absolute atomic E-state index is 12.4. The van der Waals surface area contributed by atoms with Crippen molar-refractivity contribution in [2.24, 2.45) is 0 Å². The molecule has 150 valence electrons. The predicted molar refractivity (Wildman–Crippen MR) is 117 cm³/mol. The Hall–Kier alpha value is -2.09. The number of carbonyl (C=O) groups is 1. The van der Waals surface area contributed by atoms with Gasteiger partial charge in [0.1, 0.15) is 0 Å². The molecule has 29 heavy (non-hydrogen) atoms. The minimum absolute atomic E-state index is 0.176. The molecule has 4 rings (SSSR count). The molecule has 9 heteroatoms. The zero-order valence-corrected chi connectivity index (χ0v) is 17.8. The van der Waals surface area contributed by atoms with Gasteiger partial charge in [0.15, 0.2) is 16.1 Å². The van der Waals surface area contributed by atoms with Crippen LogP contribution in [0, 0.1) is 0 Å². The van der Waals surface area contributed by atoms with Gasteiger partial charge in [0.25, 0.3) is 0 Å². The van der Waals surface area contributed by atoms with Crippen LogP contribution in [-0.4, -0.2) is 31.4 Å². The van der Waals surface area contributed by atoms with E-state index in [1.54, 1.807) is 18.3 Å². The van der Waals surface area contributed by atoms with E-state index in [0.717, 1.165) is 29.4 Å². The van der Waals surface area contributed by atoms with E-state index in [1.165, 1.54) is 24.6 Å². The molecule has 1 aliphatic rings. The van der Waals surface area contributed by atoms with Crippen LogP contribution in [0.15, 0.2) is 47.8 Å². The topological polar surface area (TPSA) is 72.7 Å². The summed E-state index contributed by atoms with van der Waals surface area (Å²) in [6, 6.07) is 11.4. The number of carbonyl (C=O) groups excluding carboxylic acids is 1. The Labute approximate surface area is 183 Å². The molecule has 0 aliphatic heterocycles. The number of nitrogens with one attached hydrogen (secondary N) is 1. The van der Waals surface area contributed by atoms with Crippen LogP contribution in [0.5, 0.6) is 0 Å². The Morgan fingerprint density at radius 2 is 1.93 bits per heavy atom. The molecular weight excluding hydrogens is 429 g/mol. The number of aromatic nitrogens is 4. The second-order valence-corrected chi connectivity index (χ2v) is 8.48. The lowest BCUT2D eigenvalue weighted by Crippen LogP contribution is -2.16. The van der Waals surface area contributed by atoms with E-state index < -0.39 is 0 Å². The van der Waals surface area contributed by atoms with Crippen molar-refractivity contribution in [1.82, 2.24) is 19.7 Å². The molecule has 6 nitrogen and oxygen atoms in total. The summed E-state index contributed by atoms with van der Waals surface area (Å²) in [5.74, 6) is 0.768. The molecule has 1 aromatic carbocycles. The summed E-state index contributed by atoms with van der Waals surface area (Å²) in [4.78, 5) is 16.4. The van der Waals surface area contributed by atoms with Crippen molar-refractivity contribution in [3.63, 3.8) is 0 Å². The number of rotatable bonds is 6. The van der Waals surface area contributed by atoms with Crippen LogP contribution in [0.3, 0.4) is 0 Å². The van der Waals surface area contributed by atoms with Crippen LogP contribution in [0.2, 0.25) is 10.2 Å². The van der Waals surface area contributed by atoms with E-state index in [4.69, 9.17) is 23.2 Å². The molecule has 1 fully saturated rings. The van der Waals surface area contributed by atoms with Crippen LogP contribution in [0.1, 0.15) is 31.7 Å². The lowest BCUT2D eigenvalue weighted by Gasteiger charge is -2.17. The molecule has 0 unspecified atom stereocenters. The average Bonchev–Trinajstić information content (AvgIpc) is 3.38. The number of halogens is 2. The van der Waals surface area contributed by atoms with Crippen LogP contribution < -0.4 is 5.32 Å². The van der Waals surface area contributed by atoms with Gasteiger partial charge in [-0.3, -0.25) is 9.36 Å². The largest absolute Gasteiger partial charge is 0.323 e. The van der Waals surface area contributed by atoms with E-state index in [2.05, 4.69) is 25.1 Å². The zero-order chi connectivity index (χ0) is 20.2. The fraction of sp³-hybridized carbons (Fsp3) is 0.300. The molecule has 0 saturated heterocycles. The first-order valence-electron chi connectivity index (χ1n) is 9.36. The lowest BCUT2D eigenvalue weighted by atomic mass is 10.2. The van der Waals surface area contributed by atoms with Crippen molar-refractivity contribution in [1.29, 1.82) is 0 Å². The van der Waals surface area contributed by atoms with Gasteiger partial charge in [-0.15, -0.1) is 10.2 Å². The van der Waals surface area contributed by atoms with Gasteiger partial charge in [-0.2, -0.15) is 0 Å². The number of amides is 1. The van der Waals surface area contributed by atoms with Crippen molar-refractivity contribution in [2.75, 3.05) is 11.1 Å². The molecule has 0 atom stereocenters. The summed E-state index contributed by atoms with van der Waals surface area (Å²) in [6.45, 7) is 0. The van der Waals surface area contributed by atoms with E-state index in [0.29, 0.717) is 16.8 Å². The highest BCUT2D eigenvalue weighted by Gasteiger charge is 2.26. The normalized spacial score (nSPS) is 14.3. The monoisotopic (exact) mass is 447 g/mol. The molecule has 0 spiro atoms. The summed E-state index contributed by atoms with van der Waals surface area (Å²) in [6.07, 6.45) is 6.07. The van der Waals surface area contributed by atoms with Crippen molar-refractivity contribution in [2.45, 2.75) is 36.9 Å². The van der Waals surface area contributed by atoms with Gasteiger partial charge >= 0.3 is 0 Å². The fourth-order valence-electron chi connectivity index (χ4n) is 3.49. The summed E-state index contributed by atoms with van der Waals surface area (Å²) in [5.41, 5.74) is 1.35. The summed E-state index contributed by atoms with van der Waals surface area (Å²) >= 11 is 13.8. The highest BCUT2D eigenvalue weighted by atomic mass is 35.5. The number of thioether (sulfide) groups is 1. The quantitative estimate of drug-likeness (QED) is 0.399. The van der Waals surface area contributed by atoms with Crippen LogP contribution in [0.4, 0.5) is 5.69 Å². The van der Waals surface area contributed by atoms with Gasteiger partial charge in [-0.25, -0.2) is 4.98 Å². The SMILES string of the molecule is O=C(CSc1nnc(-c2ccccc2Cl)n1C1CCCC1)Nc1cccnc1Cl. The summed E-state index contributed by atoms with van der Waals surface area (Å²) in [7, 11) is 0. The van der Waals surface area contributed by atoms with Gasteiger partial charge in [0.2, 0.25) is 5.91 Å². The van der Waals surface area contributed by atoms with Crippen molar-refractivity contribution < 1.29 is 4.79 Å². The fourth-order valence-corrected chi connectivity index (χ4v) is 4.68. The summed E-state index contributed by atoms with van der Waals surface area (Å²) < 4.78 is 2.14. The molecule has 2 heterocycles.